The molecule has 0 bridgehead atoms. The summed E-state index contributed by atoms with van der Waals surface area (Å²) in [7, 11) is 0. The lowest BCUT2D eigenvalue weighted by molar-refractivity contribution is -0.132. The van der Waals surface area contributed by atoms with Crippen molar-refractivity contribution in [2.45, 2.75) is 45.2 Å². The molecule has 1 aliphatic rings. The first-order valence-corrected chi connectivity index (χ1v) is 8.05. The maximum absolute atomic E-state index is 11.9. The number of nitrogens with zero attached hydrogens (tertiary/aromatic N) is 1. The van der Waals surface area contributed by atoms with Gasteiger partial charge in [0, 0.05) is 32.1 Å². The Morgan fingerprint density at radius 1 is 1.18 bits per heavy atom. The van der Waals surface area contributed by atoms with Crippen molar-refractivity contribution in [1.82, 2.24) is 15.5 Å². The lowest BCUT2D eigenvalue weighted by Crippen LogP contribution is -2.48. The lowest BCUT2D eigenvalue weighted by Gasteiger charge is -2.32. The number of hydrogen-bond donors (Lipinski definition) is 2. The van der Waals surface area contributed by atoms with Crippen LogP contribution in [0.1, 0.15) is 38.2 Å². The number of carbonyl (C=O) groups excluding carboxylic acids is 2. The van der Waals surface area contributed by atoms with Crippen molar-refractivity contribution in [2.75, 3.05) is 13.1 Å². The predicted molar refractivity (Wildman–Crippen MR) is 86.3 cm³/mol. The summed E-state index contributed by atoms with van der Waals surface area (Å²) in [5, 5.41) is 5.86. The average molecular weight is 303 g/mol. The van der Waals surface area contributed by atoms with Gasteiger partial charge in [-0.3, -0.25) is 4.79 Å². The van der Waals surface area contributed by atoms with Crippen molar-refractivity contribution >= 4 is 11.9 Å². The molecule has 0 unspecified atom stereocenters. The summed E-state index contributed by atoms with van der Waals surface area (Å²) in [6.07, 6.45) is 3.16. The van der Waals surface area contributed by atoms with E-state index in [9.17, 15) is 9.59 Å². The van der Waals surface area contributed by atoms with Crippen molar-refractivity contribution in [3.05, 3.63) is 35.9 Å². The third-order valence-corrected chi connectivity index (χ3v) is 3.94. The molecule has 2 N–H and O–H groups in total. The van der Waals surface area contributed by atoms with Crippen LogP contribution in [0.2, 0.25) is 0 Å². The first kappa shape index (κ1) is 16.3. The summed E-state index contributed by atoms with van der Waals surface area (Å²) < 4.78 is 0. The van der Waals surface area contributed by atoms with Gasteiger partial charge in [0.05, 0.1) is 0 Å². The van der Waals surface area contributed by atoms with Crippen LogP contribution in [0.5, 0.6) is 0 Å². The second-order valence-electron chi connectivity index (χ2n) is 5.72. The van der Waals surface area contributed by atoms with Gasteiger partial charge in [-0.1, -0.05) is 37.3 Å². The molecule has 0 aliphatic carbocycles. The highest BCUT2D eigenvalue weighted by atomic mass is 16.2. The summed E-state index contributed by atoms with van der Waals surface area (Å²) in [5.41, 5.74) is 1.08. The van der Waals surface area contributed by atoms with Gasteiger partial charge in [-0.25, -0.2) is 4.79 Å². The Balaban J connectivity index is 1.67. The number of piperidine rings is 1. The molecule has 1 aromatic carbocycles. The number of amides is 3. The highest BCUT2D eigenvalue weighted by Crippen LogP contribution is 2.12. The average Bonchev–Trinajstić information content (AvgIpc) is 2.55. The standard InChI is InChI=1S/C17H25N3O2/c1-2-6-16(21)20-11-9-15(10-12-20)19-17(22)18-13-14-7-4-3-5-8-14/h3-5,7-8,15H,2,6,9-13H2,1H3,(H2,18,19,22). The Hall–Kier alpha value is -2.04. The molecule has 1 aromatic rings. The molecule has 0 atom stereocenters. The van der Waals surface area contributed by atoms with Gasteiger partial charge in [0.25, 0.3) is 0 Å². The summed E-state index contributed by atoms with van der Waals surface area (Å²) >= 11 is 0. The van der Waals surface area contributed by atoms with Gasteiger partial charge in [-0.05, 0) is 24.8 Å². The van der Waals surface area contributed by atoms with E-state index in [1.54, 1.807) is 0 Å². The molecule has 1 fully saturated rings. The summed E-state index contributed by atoms with van der Waals surface area (Å²) in [6.45, 7) is 4.02. The van der Waals surface area contributed by atoms with Crippen LogP contribution in [0.4, 0.5) is 4.79 Å². The second kappa shape index (κ2) is 8.41. The number of nitrogens with one attached hydrogen (secondary N) is 2. The molecule has 0 radical (unpaired) electrons. The molecule has 2 rings (SSSR count). The van der Waals surface area contributed by atoms with Gasteiger partial charge in [-0.15, -0.1) is 0 Å². The van der Waals surface area contributed by atoms with Crippen molar-refractivity contribution in [2.24, 2.45) is 0 Å². The number of hydrogen-bond acceptors (Lipinski definition) is 2. The van der Waals surface area contributed by atoms with Crippen LogP contribution in [0, 0.1) is 0 Å². The van der Waals surface area contributed by atoms with E-state index in [-0.39, 0.29) is 18.0 Å². The van der Waals surface area contributed by atoms with Crippen LogP contribution in [0.3, 0.4) is 0 Å². The lowest BCUT2D eigenvalue weighted by atomic mass is 10.0. The van der Waals surface area contributed by atoms with Crippen molar-refractivity contribution in [3.63, 3.8) is 0 Å². The molecule has 22 heavy (non-hydrogen) atoms. The fourth-order valence-corrected chi connectivity index (χ4v) is 2.66. The summed E-state index contributed by atoms with van der Waals surface area (Å²) in [6, 6.07) is 9.85. The summed E-state index contributed by atoms with van der Waals surface area (Å²) in [4.78, 5) is 25.6. The smallest absolute Gasteiger partial charge is 0.315 e. The fourth-order valence-electron chi connectivity index (χ4n) is 2.66. The van der Waals surface area contributed by atoms with Crippen LogP contribution < -0.4 is 10.6 Å². The number of carbonyl (C=O) groups is 2. The van der Waals surface area contributed by atoms with E-state index in [1.165, 1.54) is 0 Å². The number of urea groups is 1. The highest BCUT2D eigenvalue weighted by Gasteiger charge is 2.23. The van der Waals surface area contributed by atoms with E-state index in [2.05, 4.69) is 10.6 Å². The normalized spacial score (nSPS) is 15.4. The van der Waals surface area contributed by atoms with Crippen molar-refractivity contribution in [1.29, 1.82) is 0 Å². The SMILES string of the molecule is CCCC(=O)N1CCC(NC(=O)NCc2ccccc2)CC1. The van der Waals surface area contributed by atoms with E-state index in [4.69, 9.17) is 0 Å². The molecule has 5 heteroatoms. The quantitative estimate of drug-likeness (QED) is 0.876. The second-order valence-corrected chi connectivity index (χ2v) is 5.72. The topological polar surface area (TPSA) is 61.4 Å². The van der Waals surface area contributed by atoms with E-state index in [0.29, 0.717) is 13.0 Å². The van der Waals surface area contributed by atoms with Crippen molar-refractivity contribution < 1.29 is 9.59 Å². The Bertz CT molecular complexity index is 482. The number of likely N-dealkylation sites (tertiary alicyclic amines) is 1. The minimum Gasteiger partial charge on any atom is -0.343 e. The Kier molecular flexibility index (Phi) is 6.25. The zero-order valence-electron chi connectivity index (χ0n) is 13.2. The van der Waals surface area contributed by atoms with Crippen LogP contribution in [0.25, 0.3) is 0 Å². The first-order valence-electron chi connectivity index (χ1n) is 8.05. The van der Waals surface area contributed by atoms with Gasteiger partial charge in [-0.2, -0.15) is 0 Å². The fraction of sp³-hybridized carbons (Fsp3) is 0.529. The monoisotopic (exact) mass is 303 g/mol. The molecular weight excluding hydrogens is 278 g/mol. The van der Waals surface area contributed by atoms with Crippen LogP contribution >= 0.6 is 0 Å². The molecule has 0 saturated carbocycles. The van der Waals surface area contributed by atoms with Gasteiger partial charge in [0.1, 0.15) is 0 Å². The van der Waals surface area contributed by atoms with Gasteiger partial charge in [0.2, 0.25) is 5.91 Å². The summed E-state index contributed by atoms with van der Waals surface area (Å²) in [5.74, 6) is 0.231. The molecule has 1 aliphatic heterocycles. The highest BCUT2D eigenvalue weighted by molar-refractivity contribution is 5.76. The molecule has 5 nitrogen and oxygen atoms in total. The molecule has 0 aromatic heterocycles. The Morgan fingerprint density at radius 2 is 1.86 bits per heavy atom. The number of benzene rings is 1. The van der Waals surface area contributed by atoms with Gasteiger partial charge >= 0.3 is 6.03 Å². The van der Waals surface area contributed by atoms with Gasteiger partial charge < -0.3 is 15.5 Å². The van der Waals surface area contributed by atoms with E-state index in [0.717, 1.165) is 37.9 Å². The zero-order valence-corrected chi connectivity index (χ0v) is 13.2. The van der Waals surface area contributed by atoms with Crippen LogP contribution in [0.15, 0.2) is 30.3 Å². The van der Waals surface area contributed by atoms with E-state index in [1.807, 2.05) is 42.2 Å². The minimum atomic E-state index is -0.137. The zero-order chi connectivity index (χ0) is 15.8. The van der Waals surface area contributed by atoms with E-state index >= 15 is 0 Å². The molecule has 3 amide bonds. The van der Waals surface area contributed by atoms with Crippen LogP contribution in [-0.4, -0.2) is 36.0 Å². The molecular formula is C17H25N3O2. The van der Waals surface area contributed by atoms with Crippen molar-refractivity contribution in [3.8, 4) is 0 Å². The molecule has 1 saturated heterocycles. The molecule has 1 heterocycles. The Morgan fingerprint density at radius 3 is 2.50 bits per heavy atom. The molecule has 120 valence electrons. The van der Waals surface area contributed by atoms with Gasteiger partial charge in [0.15, 0.2) is 0 Å². The van der Waals surface area contributed by atoms with E-state index < -0.39 is 0 Å². The minimum absolute atomic E-state index is 0.137. The third-order valence-electron chi connectivity index (χ3n) is 3.94. The largest absolute Gasteiger partial charge is 0.343 e. The molecule has 0 spiro atoms. The predicted octanol–water partition coefficient (Wildman–Crippen LogP) is 2.28. The maximum atomic E-state index is 11.9. The first-order chi connectivity index (χ1) is 10.7. The maximum Gasteiger partial charge on any atom is 0.315 e. The number of rotatable bonds is 5. The van der Waals surface area contributed by atoms with Crippen LogP contribution in [-0.2, 0) is 11.3 Å². The third kappa shape index (κ3) is 5.06. The Labute approximate surface area is 132 Å².